The summed E-state index contributed by atoms with van der Waals surface area (Å²) in [7, 11) is 0. The molecule has 2 saturated carbocycles. The topological polar surface area (TPSA) is 0 Å². The summed E-state index contributed by atoms with van der Waals surface area (Å²) in [4.78, 5) is 0. The quantitative estimate of drug-likeness (QED) is 0.617. The summed E-state index contributed by atoms with van der Waals surface area (Å²) in [6, 6.07) is 0. The number of hydrogen-bond donors (Lipinski definition) is 0. The van der Waals surface area contributed by atoms with Gasteiger partial charge < -0.3 is 0 Å². The average Bonchev–Trinajstić information content (AvgIpc) is 2.96. The average molecular weight is 272 g/mol. The van der Waals surface area contributed by atoms with Crippen LogP contribution in [0.1, 0.15) is 47.5 Å². The van der Waals surface area contributed by atoms with Gasteiger partial charge in [0.05, 0.1) is 0 Å². The SMILES string of the molecule is CC1C(C)[C@@H](C)C(C)C1[C@@H](C)[C@H]1CCC2C=CC=CC21. The van der Waals surface area contributed by atoms with Gasteiger partial charge >= 0.3 is 0 Å². The van der Waals surface area contributed by atoms with Crippen LogP contribution in [0, 0.1) is 53.3 Å². The van der Waals surface area contributed by atoms with Crippen molar-refractivity contribution < 1.29 is 0 Å². The van der Waals surface area contributed by atoms with E-state index in [0.717, 1.165) is 53.3 Å². The van der Waals surface area contributed by atoms with E-state index in [-0.39, 0.29) is 0 Å². The highest BCUT2D eigenvalue weighted by atomic mass is 14.5. The first-order valence-corrected chi connectivity index (χ1v) is 8.87. The Balaban J connectivity index is 1.78. The van der Waals surface area contributed by atoms with Gasteiger partial charge in [0.2, 0.25) is 0 Å². The van der Waals surface area contributed by atoms with Crippen molar-refractivity contribution in [2.45, 2.75) is 47.5 Å². The Morgan fingerprint density at radius 2 is 1.40 bits per heavy atom. The Kier molecular flexibility index (Phi) is 3.86. The zero-order chi connectivity index (χ0) is 14.4. The minimum absolute atomic E-state index is 0.834. The third-order valence-electron chi connectivity index (χ3n) is 7.61. The van der Waals surface area contributed by atoms with Gasteiger partial charge in [0, 0.05) is 0 Å². The van der Waals surface area contributed by atoms with Crippen LogP contribution in [0.25, 0.3) is 0 Å². The van der Waals surface area contributed by atoms with Crippen LogP contribution in [0.2, 0.25) is 0 Å². The molecule has 3 aliphatic carbocycles. The van der Waals surface area contributed by atoms with Crippen LogP contribution in [0.4, 0.5) is 0 Å². The fourth-order valence-electron chi connectivity index (χ4n) is 5.99. The minimum atomic E-state index is 0.834. The number of hydrogen-bond acceptors (Lipinski definition) is 0. The summed E-state index contributed by atoms with van der Waals surface area (Å²) in [5.41, 5.74) is 0. The molecule has 2 fully saturated rings. The maximum Gasteiger partial charge on any atom is -0.0136 e. The first-order chi connectivity index (χ1) is 9.52. The number of allylic oxidation sites excluding steroid dienone is 4. The summed E-state index contributed by atoms with van der Waals surface area (Å²) in [5, 5.41) is 0. The molecule has 0 nitrogen and oxygen atoms in total. The highest BCUT2D eigenvalue weighted by Crippen LogP contribution is 2.54. The van der Waals surface area contributed by atoms with Gasteiger partial charge in [0.25, 0.3) is 0 Å². The fourth-order valence-corrected chi connectivity index (χ4v) is 5.99. The van der Waals surface area contributed by atoms with E-state index in [4.69, 9.17) is 0 Å². The molecule has 20 heavy (non-hydrogen) atoms. The lowest BCUT2D eigenvalue weighted by Gasteiger charge is -2.36. The summed E-state index contributed by atoms with van der Waals surface area (Å²) in [6.45, 7) is 12.6. The van der Waals surface area contributed by atoms with Gasteiger partial charge in [0.15, 0.2) is 0 Å². The second-order valence-electron chi connectivity index (χ2n) is 8.13. The summed E-state index contributed by atoms with van der Waals surface area (Å²) in [5.74, 6) is 8.02. The van der Waals surface area contributed by atoms with Crippen LogP contribution in [0.15, 0.2) is 24.3 Å². The third kappa shape index (κ3) is 2.11. The molecule has 0 radical (unpaired) electrons. The van der Waals surface area contributed by atoms with Gasteiger partial charge in [-0.15, -0.1) is 0 Å². The van der Waals surface area contributed by atoms with E-state index in [1.807, 2.05) is 0 Å². The van der Waals surface area contributed by atoms with Crippen molar-refractivity contribution in [1.82, 2.24) is 0 Å². The molecule has 0 N–H and O–H groups in total. The molecule has 0 heterocycles. The van der Waals surface area contributed by atoms with Crippen LogP contribution in [0.3, 0.4) is 0 Å². The Hall–Kier alpha value is -0.520. The van der Waals surface area contributed by atoms with Crippen LogP contribution in [-0.4, -0.2) is 0 Å². The Morgan fingerprint density at radius 1 is 0.800 bits per heavy atom. The van der Waals surface area contributed by atoms with Gasteiger partial charge in [-0.1, -0.05) is 58.9 Å². The molecular formula is C20H32. The monoisotopic (exact) mass is 272 g/mol. The molecule has 9 atom stereocenters. The van der Waals surface area contributed by atoms with Crippen LogP contribution in [0.5, 0.6) is 0 Å². The normalized spacial score (nSPS) is 52.2. The lowest BCUT2D eigenvalue weighted by Crippen LogP contribution is -2.30. The van der Waals surface area contributed by atoms with Crippen molar-refractivity contribution in [2.24, 2.45) is 53.3 Å². The Labute approximate surface area is 125 Å². The Morgan fingerprint density at radius 3 is 2.05 bits per heavy atom. The first-order valence-electron chi connectivity index (χ1n) is 8.87. The van der Waals surface area contributed by atoms with Crippen molar-refractivity contribution in [3.05, 3.63) is 24.3 Å². The van der Waals surface area contributed by atoms with Gasteiger partial charge in [-0.25, -0.2) is 0 Å². The highest BCUT2D eigenvalue weighted by molar-refractivity contribution is 5.18. The fraction of sp³-hybridized carbons (Fsp3) is 0.800. The van der Waals surface area contributed by atoms with Crippen LogP contribution in [-0.2, 0) is 0 Å². The highest BCUT2D eigenvalue weighted by Gasteiger charge is 2.48. The van der Waals surface area contributed by atoms with Gasteiger partial charge in [-0.3, -0.25) is 0 Å². The second kappa shape index (κ2) is 5.35. The van der Waals surface area contributed by atoms with E-state index in [9.17, 15) is 0 Å². The zero-order valence-electron chi connectivity index (χ0n) is 13.9. The summed E-state index contributed by atoms with van der Waals surface area (Å²) in [6.07, 6.45) is 12.4. The zero-order valence-corrected chi connectivity index (χ0v) is 13.9. The summed E-state index contributed by atoms with van der Waals surface area (Å²) < 4.78 is 0. The molecule has 3 rings (SSSR count). The predicted octanol–water partition coefficient (Wildman–Crippen LogP) is 5.57. The maximum absolute atomic E-state index is 2.57. The molecule has 6 unspecified atom stereocenters. The van der Waals surface area contributed by atoms with E-state index >= 15 is 0 Å². The molecule has 0 saturated heterocycles. The molecule has 0 spiro atoms. The van der Waals surface area contributed by atoms with Crippen molar-refractivity contribution in [1.29, 1.82) is 0 Å². The van der Waals surface area contributed by atoms with E-state index in [2.05, 4.69) is 58.9 Å². The number of fused-ring (bicyclic) bond motifs is 1. The smallest absolute Gasteiger partial charge is 0.0136 e. The first kappa shape index (κ1) is 14.4. The van der Waals surface area contributed by atoms with E-state index < -0.39 is 0 Å². The predicted molar refractivity (Wildman–Crippen MR) is 87.3 cm³/mol. The van der Waals surface area contributed by atoms with E-state index in [0.29, 0.717) is 0 Å². The second-order valence-corrected chi connectivity index (χ2v) is 8.13. The lowest BCUT2D eigenvalue weighted by molar-refractivity contribution is 0.142. The molecular weight excluding hydrogens is 240 g/mol. The molecule has 112 valence electrons. The molecule has 0 aromatic carbocycles. The van der Waals surface area contributed by atoms with Crippen molar-refractivity contribution in [3.8, 4) is 0 Å². The van der Waals surface area contributed by atoms with Crippen molar-refractivity contribution in [2.75, 3.05) is 0 Å². The number of rotatable bonds is 2. The van der Waals surface area contributed by atoms with Gasteiger partial charge in [-0.2, -0.15) is 0 Å². The Bertz CT molecular complexity index is 390. The van der Waals surface area contributed by atoms with Crippen LogP contribution >= 0.6 is 0 Å². The maximum atomic E-state index is 2.57. The largest absolute Gasteiger partial charge is 0.0808 e. The lowest BCUT2D eigenvalue weighted by atomic mass is 9.69. The molecule has 0 aromatic rings. The van der Waals surface area contributed by atoms with E-state index in [1.165, 1.54) is 12.8 Å². The van der Waals surface area contributed by atoms with Gasteiger partial charge in [0.1, 0.15) is 0 Å². The molecule has 0 aromatic heterocycles. The molecule has 3 aliphatic rings. The molecule has 0 aliphatic heterocycles. The van der Waals surface area contributed by atoms with Crippen molar-refractivity contribution in [3.63, 3.8) is 0 Å². The molecule has 0 amide bonds. The summed E-state index contributed by atoms with van der Waals surface area (Å²) >= 11 is 0. The van der Waals surface area contributed by atoms with E-state index in [1.54, 1.807) is 0 Å². The molecule has 0 bridgehead atoms. The molecule has 0 heteroatoms. The standard InChI is InChI=1S/C20H32/c1-12-13(2)15(4)20(14(12)3)16(5)18-11-10-17-8-6-7-9-19(17)18/h6-9,12-20H,10-11H2,1-5H3/t12-,13?,14?,15?,16+,17?,18-,19?,20?/m1/s1. The third-order valence-corrected chi connectivity index (χ3v) is 7.61. The van der Waals surface area contributed by atoms with Crippen molar-refractivity contribution >= 4 is 0 Å². The minimum Gasteiger partial charge on any atom is -0.0808 e. The van der Waals surface area contributed by atoms with Crippen LogP contribution < -0.4 is 0 Å². The van der Waals surface area contributed by atoms with Gasteiger partial charge in [-0.05, 0) is 66.1 Å².